The lowest BCUT2D eigenvalue weighted by molar-refractivity contribution is -0.142. The molecule has 0 saturated carbocycles. The number of hydrogen-bond donors (Lipinski definition) is 9. The molecule has 15 nitrogen and oxygen atoms in total. The van der Waals surface area contributed by atoms with Crippen LogP contribution in [0.25, 0.3) is 10.9 Å². The maximum atomic E-state index is 13.4. The molecule has 0 fully saturated rings. The number of carbonyl (C=O) groups is 5. The van der Waals surface area contributed by atoms with E-state index in [1.165, 1.54) is 0 Å². The van der Waals surface area contributed by atoms with Gasteiger partial charge in [-0.15, -0.1) is 0 Å². The zero-order valence-electron chi connectivity index (χ0n) is 23.6. The van der Waals surface area contributed by atoms with E-state index in [9.17, 15) is 34.2 Å². The molecule has 0 aliphatic heterocycles. The molecule has 15 heteroatoms. The predicted octanol–water partition coefficient (Wildman–Crippen LogP) is -0.849. The van der Waals surface area contributed by atoms with E-state index in [1.54, 1.807) is 26.1 Å². The average molecular weight is 589 g/mol. The number of carboxylic acid groups (broad SMARTS) is 2. The second-order valence-corrected chi connectivity index (χ2v) is 10.2. The molecule has 0 radical (unpaired) electrons. The normalized spacial score (nSPS) is 13.9. The molecule has 1 aromatic carbocycles. The van der Waals surface area contributed by atoms with Gasteiger partial charge in [0.2, 0.25) is 17.7 Å². The SMILES string of the molecule is CC(C)C(N)C(=O)NC(CCC(=O)O)C(=O)NC(Cc1c[nH]c2ccccc12)C(=O)NC(CCCN=C(N)N)C(=O)O. The third kappa shape index (κ3) is 10.4. The quantitative estimate of drug-likeness (QED) is 0.0627. The minimum absolute atomic E-state index is 0.00991. The van der Waals surface area contributed by atoms with Gasteiger partial charge in [0, 0.05) is 36.5 Å². The van der Waals surface area contributed by atoms with Crippen molar-refractivity contribution in [3.05, 3.63) is 36.0 Å². The van der Waals surface area contributed by atoms with Crippen LogP contribution in [0.2, 0.25) is 0 Å². The number of hydrogen-bond acceptors (Lipinski definition) is 7. The Hall–Kier alpha value is -4.66. The summed E-state index contributed by atoms with van der Waals surface area (Å²) in [5.74, 6) is -5.14. The molecule has 3 amide bonds. The molecule has 42 heavy (non-hydrogen) atoms. The fourth-order valence-electron chi connectivity index (χ4n) is 4.14. The molecule has 2 rings (SSSR count). The number of carbonyl (C=O) groups excluding carboxylic acids is 3. The predicted molar refractivity (Wildman–Crippen MR) is 155 cm³/mol. The van der Waals surface area contributed by atoms with Crippen LogP contribution in [-0.4, -0.2) is 81.5 Å². The van der Waals surface area contributed by atoms with Gasteiger partial charge in [0.15, 0.2) is 5.96 Å². The highest BCUT2D eigenvalue weighted by Gasteiger charge is 2.31. The highest BCUT2D eigenvalue weighted by Crippen LogP contribution is 2.19. The molecule has 0 spiro atoms. The summed E-state index contributed by atoms with van der Waals surface area (Å²) in [6.45, 7) is 3.59. The Balaban J connectivity index is 2.32. The van der Waals surface area contributed by atoms with Crippen LogP contribution in [0.1, 0.15) is 45.1 Å². The van der Waals surface area contributed by atoms with Crippen LogP contribution in [0.3, 0.4) is 0 Å². The molecule has 1 aromatic heterocycles. The topological polar surface area (TPSA) is 268 Å². The number of nitrogens with one attached hydrogen (secondary N) is 4. The van der Waals surface area contributed by atoms with Crippen LogP contribution in [-0.2, 0) is 30.4 Å². The second kappa shape index (κ2) is 16.0. The fourth-order valence-corrected chi connectivity index (χ4v) is 4.14. The number of rotatable bonds is 17. The first-order valence-corrected chi connectivity index (χ1v) is 13.5. The Kier molecular flexibility index (Phi) is 12.7. The van der Waals surface area contributed by atoms with Crippen molar-refractivity contribution in [2.75, 3.05) is 6.54 Å². The van der Waals surface area contributed by atoms with Crippen LogP contribution >= 0.6 is 0 Å². The van der Waals surface area contributed by atoms with Gasteiger partial charge >= 0.3 is 11.9 Å². The van der Waals surface area contributed by atoms with Crippen molar-refractivity contribution in [3.63, 3.8) is 0 Å². The monoisotopic (exact) mass is 588 g/mol. The van der Waals surface area contributed by atoms with Crippen LogP contribution in [0.5, 0.6) is 0 Å². The number of H-pyrrole nitrogens is 1. The number of nitrogens with zero attached hydrogens (tertiary/aromatic N) is 1. The standard InChI is InChI=1S/C27H40N8O7/c1-14(2)22(28)25(40)33-18(9-10-21(36)37)23(38)35-20(12-15-13-32-17-7-4-3-6-16(15)17)24(39)34-19(26(41)42)8-5-11-31-27(29)30/h3-4,6-7,13-14,18-20,22,32H,5,8-12,28H2,1-2H3,(H,33,40)(H,34,39)(H,35,38)(H,36,37)(H,41,42)(H4,29,30,31). The number of aliphatic imine (C=N–C) groups is 1. The Morgan fingerprint density at radius 3 is 2.14 bits per heavy atom. The van der Waals surface area contributed by atoms with Gasteiger partial charge in [0.1, 0.15) is 18.1 Å². The third-order valence-electron chi connectivity index (χ3n) is 6.59. The van der Waals surface area contributed by atoms with E-state index in [2.05, 4.69) is 25.9 Å². The van der Waals surface area contributed by atoms with Crippen LogP contribution < -0.4 is 33.2 Å². The number of fused-ring (bicyclic) bond motifs is 1. The molecule has 230 valence electrons. The molecular formula is C27H40N8O7. The second-order valence-electron chi connectivity index (χ2n) is 10.2. The zero-order chi connectivity index (χ0) is 31.4. The lowest BCUT2D eigenvalue weighted by atomic mass is 10.0. The summed E-state index contributed by atoms with van der Waals surface area (Å²) in [4.78, 5) is 69.5. The lowest BCUT2D eigenvalue weighted by Crippen LogP contribution is -2.58. The van der Waals surface area contributed by atoms with Crippen LogP contribution in [0.15, 0.2) is 35.5 Å². The van der Waals surface area contributed by atoms with E-state index in [0.717, 1.165) is 10.9 Å². The smallest absolute Gasteiger partial charge is 0.326 e. The molecule has 0 bridgehead atoms. The molecule has 0 saturated heterocycles. The van der Waals surface area contributed by atoms with E-state index in [-0.39, 0.29) is 44.1 Å². The molecular weight excluding hydrogens is 548 g/mol. The summed E-state index contributed by atoms with van der Waals surface area (Å²) in [6.07, 6.45) is 1.20. The average Bonchev–Trinajstić information content (AvgIpc) is 3.33. The number of aromatic amines is 1. The maximum absolute atomic E-state index is 13.4. The first-order valence-electron chi connectivity index (χ1n) is 13.5. The molecule has 1 heterocycles. The van der Waals surface area contributed by atoms with Crippen LogP contribution in [0, 0.1) is 5.92 Å². The number of benzene rings is 1. The number of carboxylic acids is 2. The fraction of sp³-hybridized carbons (Fsp3) is 0.481. The summed E-state index contributed by atoms with van der Waals surface area (Å²) in [7, 11) is 0. The summed E-state index contributed by atoms with van der Waals surface area (Å²) >= 11 is 0. The lowest BCUT2D eigenvalue weighted by Gasteiger charge is -2.25. The van der Waals surface area contributed by atoms with Crippen molar-refractivity contribution in [3.8, 4) is 0 Å². The van der Waals surface area contributed by atoms with E-state index in [1.807, 2.05) is 18.2 Å². The summed E-state index contributed by atoms with van der Waals surface area (Å²) in [6, 6.07) is 2.44. The largest absolute Gasteiger partial charge is 0.481 e. The molecule has 0 aliphatic carbocycles. The summed E-state index contributed by atoms with van der Waals surface area (Å²) in [5, 5.41) is 27.2. The number of amides is 3. The molecule has 0 aliphatic rings. The van der Waals surface area contributed by atoms with E-state index < -0.39 is 60.2 Å². The van der Waals surface area contributed by atoms with Crippen molar-refractivity contribution in [1.82, 2.24) is 20.9 Å². The van der Waals surface area contributed by atoms with Gasteiger partial charge < -0.3 is 48.3 Å². The minimum Gasteiger partial charge on any atom is -0.481 e. The zero-order valence-corrected chi connectivity index (χ0v) is 23.6. The number of guanidine groups is 1. The Labute approximate surface area is 242 Å². The Morgan fingerprint density at radius 1 is 0.905 bits per heavy atom. The Morgan fingerprint density at radius 2 is 1.52 bits per heavy atom. The first kappa shape index (κ1) is 33.5. The maximum Gasteiger partial charge on any atom is 0.326 e. The molecule has 4 unspecified atom stereocenters. The van der Waals surface area contributed by atoms with Gasteiger partial charge in [-0.3, -0.25) is 24.2 Å². The number of aliphatic carboxylic acids is 2. The van der Waals surface area contributed by atoms with Crippen molar-refractivity contribution in [1.29, 1.82) is 0 Å². The molecule has 12 N–H and O–H groups in total. The van der Waals surface area contributed by atoms with Crippen molar-refractivity contribution in [2.24, 2.45) is 28.1 Å². The highest BCUT2D eigenvalue weighted by molar-refractivity contribution is 5.95. The van der Waals surface area contributed by atoms with E-state index in [0.29, 0.717) is 5.56 Å². The molecule has 4 atom stereocenters. The first-order chi connectivity index (χ1) is 19.8. The van der Waals surface area contributed by atoms with Gasteiger partial charge in [0.05, 0.1) is 6.04 Å². The van der Waals surface area contributed by atoms with Gasteiger partial charge in [-0.2, -0.15) is 0 Å². The van der Waals surface area contributed by atoms with E-state index >= 15 is 0 Å². The van der Waals surface area contributed by atoms with Gasteiger partial charge in [-0.25, -0.2) is 4.79 Å². The van der Waals surface area contributed by atoms with Crippen molar-refractivity contribution < 1.29 is 34.2 Å². The number of aromatic nitrogens is 1. The van der Waals surface area contributed by atoms with Crippen LogP contribution in [0.4, 0.5) is 0 Å². The highest BCUT2D eigenvalue weighted by atomic mass is 16.4. The van der Waals surface area contributed by atoms with E-state index in [4.69, 9.17) is 17.2 Å². The van der Waals surface area contributed by atoms with Crippen molar-refractivity contribution in [2.45, 2.75) is 70.1 Å². The van der Waals surface area contributed by atoms with Gasteiger partial charge in [-0.05, 0) is 36.8 Å². The number of para-hydroxylation sites is 1. The Bertz CT molecular complexity index is 1290. The van der Waals surface area contributed by atoms with Gasteiger partial charge in [0.25, 0.3) is 0 Å². The summed E-state index contributed by atoms with van der Waals surface area (Å²) < 4.78 is 0. The third-order valence-corrected chi connectivity index (χ3v) is 6.59. The van der Waals surface area contributed by atoms with Crippen molar-refractivity contribution >= 4 is 46.5 Å². The van der Waals surface area contributed by atoms with Gasteiger partial charge in [-0.1, -0.05) is 32.0 Å². The summed E-state index contributed by atoms with van der Waals surface area (Å²) in [5.41, 5.74) is 17.9. The number of nitrogens with two attached hydrogens (primary N) is 3. The minimum atomic E-state index is -1.31. The molecule has 2 aromatic rings.